The summed E-state index contributed by atoms with van der Waals surface area (Å²) in [5.74, 6) is 0.598. The summed E-state index contributed by atoms with van der Waals surface area (Å²) in [7, 11) is 0. The number of likely N-dealkylation sites (tertiary alicyclic amines) is 1. The van der Waals surface area contributed by atoms with Crippen LogP contribution in [0.3, 0.4) is 0 Å². The smallest absolute Gasteiger partial charge is 0.319 e. The van der Waals surface area contributed by atoms with Crippen molar-refractivity contribution in [1.29, 1.82) is 0 Å². The van der Waals surface area contributed by atoms with Crippen LogP contribution in [0.4, 0.5) is 10.5 Å². The first-order chi connectivity index (χ1) is 11.1. The third kappa shape index (κ3) is 4.47. The molecule has 1 atom stereocenters. The zero-order chi connectivity index (χ0) is 16.2. The molecule has 1 saturated heterocycles. The SMILES string of the molecule is Cc1cc(C)cc(NC(=O)NC[C@@H]2CCN(C3CCCC3)C2)c1. The van der Waals surface area contributed by atoms with Crippen molar-refractivity contribution in [2.75, 3.05) is 25.0 Å². The highest BCUT2D eigenvalue weighted by molar-refractivity contribution is 5.89. The van der Waals surface area contributed by atoms with Gasteiger partial charge in [-0.15, -0.1) is 0 Å². The molecule has 4 nitrogen and oxygen atoms in total. The first-order valence-electron chi connectivity index (χ1n) is 8.97. The second-order valence-corrected chi connectivity index (χ2v) is 7.30. The van der Waals surface area contributed by atoms with Crippen LogP contribution in [-0.4, -0.2) is 36.6 Å². The standard InChI is InChI=1S/C19H29N3O/c1-14-9-15(2)11-17(10-14)21-19(23)20-12-16-7-8-22(13-16)18-5-3-4-6-18/h9-11,16,18H,3-8,12-13H2,1-2H3,(H2,20,21,23)/t16-/m0/s1. The molecule has 23 heavy (non-hydrogen) atoms. The molecule has 0 aromatic heterocycles. The van der Waals surface area contributed by atoms with Crippen LogP contribution in [0.2, 0.25) is 0 Å². The molecule has 2 amide bonds. The van der Waals surface area contributed by atoms with Gasteiger partial charge < -0.3 is 15.5 Å². The van der Waals surface area contributed by atoms with E-state index in [4.69, 9.17) is 0 Å². The van der Waals surface area contributed by atoms with Crippen molar-refractivity contribution in [1.82, 2.24) is 10.2 Å². The number of amides is 2. The molecule has 1 aliphatic carbocycles. The molecule has 4 heteroatoms. The highest BCUT2D eigenvalue weighted by Crippen LogP contribution is 2.28. The first kappa shape index (κ1) is 16.3. The van der Waals surface area contributed by atoms with Gasteiger partial charge in [0, 0.05) is 24.8 Å². The third-order valence-electron chi connectivity index (χ3n) is 5.19. The Hall–Kier alpha value is -1.55. The van der Waals surface area contributed by atoms with Crippen LogP contribution in [0, 0.1) is 19.8 Å². The first-order valence-corrected chi connectivity index (χ1v) is 8.97. The minimum atomic E-state index is -0.0886. The monoisotopic (exact) mass is 315 g/mol. The molecule has 2 N–H and O–H groups in total. The van der Waals surface area contributed by atoms with Gasteiger partial charge in [0.15, 0.2) is 0 Å². The van der Waals surface area contributed by atoms with Crippen LogP contribution in [0.15, 0.2) is 18.2 Å². The summed E-state index contributed by atoms with van der Waals surface area (Å²) in [5.41, 5.74) is 3.21. The molecule has 3 rings (SSSR count). The quantitative estimate of drug-likeness (QED) is 0.890. The largest absolute Gasteiger partial charge is 0.338 e. The third-order valence-corrected chi connectivity index (χ3v) is 5.19. The molecule has 0 unspecified atom stereocenters. The Morgan fingerprint density at radius 1 is 1.13 bits per heavy atom. The molecular weight excluding hydrogens is 286 g/mol. The number of urea groups is 1. The number of hydrogen-bond donors (Lipinski definition) is 2. The second kappa shape index (κ2) is 7.35. The number of aryl methyl sites for hydroxylation is 2. The van der Waals surface area contributed by atoms with Gasteiger partial charge in [0.2, 0.25) is 0 Å². The van der Waals surface area contributed by atoms with Crippen molar-refractivity contribution in [2.45, 2.75) is 52.0 Å². The lowest BCUT2D eigenvalue weighted by atomic mass is 10.1. The lowest BCUT2D eigenvalue weighted by Gasteiger charge is -2.23. The predicted molar refractivity (Wildman–Crippen MR) is 94.9 cm³/mol. The van der Waals surface area contributed by atoms with E-state index in [2.05, 4.69) is 21.6 Å². The van der Waals surface area contributed by atoms with Gasteiger partial charge in [0.1, 0.15) is 0 Å². The number of benzene rings is 1. The van der Waals surface area contributed by atoms with Crippen LogP contribution < -0.4 is 10.6 Å². The number of rotatable bonds is 4. The summed E-state index contributed by atoms with van der Waals surface area (Å²) in [6.07, 6.45) is 6.73. The normalized spacial score (nSPS) is 22.4. The summed E-state index contributed by atoms with van der Waals surface area (Å²) < 4.78 is 0. The molecule has 2 fully saturated rings. The van der Waals surface area contributed by atoms with E-state index in [1.165, 1.54) is 49.8 Å². The van der Waals surface area contributed by atoms with Gasteiger partial charge in [-0.25, -0.2) is 4.79 Å². The minimum Gasteiger partial charge on any atom is -0.338 e. The van der Waals surface area contributed by atoms with Crippen molar-refractivity contribution in [3.63, 3.8) is 0 Å². The van der Waals surface area contributed by atoms with Crippen LogP contribution >= 0.6 is 0 Å². The highest BCUT2D eigenvalue weighted by atomic mass is 16.2. The molecule has 1 aromatic carbocycles. The Balaban J connectivity index is 1.42. The fourth-order valence-electron chi connectivity index (χ4n) is 4.09. The number of carbonyl (C=O) groups excluding carboxylic acids is 1. The number of hydrogen-bond acceptors (Lipinski definition) is 2. The molecule has 0 radical (unpaired) electrons. The summed E-state index contributed by atoms with van der Waals surface area (Å²) in [6, 6.07) is 6.84. The Labute approximate surface area is 139 Å². The maximum Gasteiger partial charge on any atom is 0.319 e. The number of nitrogens with one attached hydrogen (secondary N) is 2. The van der Waals surface area contributed by atoms with Gasteiger partial charge in [-0.3, -0.25) is 0 Å². The van der Waals surface area contributed by atoms with E-state index in [1.807, 2.05) is 26.0 Å². The van der Waals surface area contributed by atoms with Gasteiger partial charge in [-0.2, -0.15) is 0 Å². The second-order valence-electron chi connectivity index (χ2n) is 7.30. The molecule has 1 heterocycles. The zero-order valence-corrected chi connectivity index (χ0v) is 14.4. The van der Waals surface area contributed by atoms with Gasteiger partial charge in [-0.1, -0.05) is 18.9 Å². The Morgan fingerprint density at radius 3 is 2.52 bits per heavy atom. The summed E-state index contributed by atoms with van der Waals surface area (Å²) >= 11 is 0. The Kier molecular flexibility index (Phi) is 5.21. The van der Waals surface area contributed by atoms with Crippen LogP contribution in [0.1, 0.15) is 43.2 Å². The number of anilines is 1. The lowest BCUT2D eigenvalue weighted by molar-refractivity contribution is 0.234. The number of nitrogens with zero attached hydrogens (tertiary/aromatic N) is 1. The minimum absolute atomic E-state index is 0.0886. The number of carbonyl (C=O) groups is 1. The van der Waals surface area contributed by atoms with Crippen molar-refractivity contribution < 1.29 is 4.79 Å². The maximum absolute atomic E-state index is 12.1. The molecule has 2 aliphatic rings. The van der Waals surface area contributed by atoms with Crippen molar-refractivity contribution in [2.24, 2.45) is 5.92 Å². The maximum atomic E-state index is 12.1. The van der Waals surface area contributed by atoms with Crippen LogP contribution in [-0.2, 0) is 0 Å². The van der Waals surface area contributed by atoms with Gasteiger partial charge in [0.25, 0.3) is 0 Å². The van der Waals surface area contributed by atoms with Gasteiger partial charge in [0.05, 0.1) is 0 Å². The summed E-state index contributed by atoms with van der Waals surface area (Å²) in [5, 5.41) is 6.00. The lowest BCUT2D eigenvalue weighted by Crippen LogP contribution is -2.35. The fourth-order valence-corrected chi connectivity index (χ4v) is 4.09. The summed E-state index contributed by atoms with van der Waals surface area (Å²) in [6.45, 7) is 7.22. The van der Waals surface area contributed by atoms with E-state index in [0.717, 1.165) is 24.8 Å². The molecule has 0 bridgehead atoms. The Bertz CT molecular complexity index is 531. The van der Waals surface area contributed by atoms with E-state index in [1.54, 1.807) is 0 Å². The van der Waals surface area contributed by atoms with E-state index in [0.29, 0.717) is 5.92 Å². The Morgan fingerprint density at radius 2 is 1.83 bits per heavy atom. The van der Waals surface area contributed by atoms with Gasteiger partial charge in [-0.05, 0) is 68.8 Å². The average molecular weight is 315 g/mol. The average Bonchev–Trinajstić information content (AvgIpc) is 3.15. The highest BCUT2D eigenvalue weighted by Gasteiger charge is 2.29. The fraction of sp³-hybridized carbons (Fsp3) is 0.632. The molecular formula is C19H29N3O. The van der Waals surface area contributed by atoms with Crippen molar-refractivity contribution >= 4 is 11.7 Å². The summed E-state index contributed by atoms with van der Waals surface area (Å²) in [4.78, 5) is 14.7. The zero-order valence-electron chi connectivity index (χ0n) is 14.4. The van der Waals surface area contributed by atoms with E-state index < -0.39 is 0 Å². The van der Waals surface area contributed by atoms with Crippen molar-refractivity contribution in [3.8, 4) is 0 Å². The molecule has 1 saturated carbocycles. The van der Waals surface area contributed by atoms with E-state index >= 15 is 0 Å². The van der Waals surface area contributed by atoms with Crippen LogP contribution in [0.5, 0.6) is 0 Å². The van der Waals surface area contributed by atoms with Crippen LogP contribution in [0.25, 0.3) is 0 Å². The predicted octanol–water partition coefficient (Wildman–Crippen LogP) is 3.69. The van der Waals surface area contributed by atoms with E-state index in [-0.39, 0.29) is 6.03 Å². The molecule has 0 spiro atoms. The van der Waals surface area contributed by atoms with Gasteiger partial charge >= 0.3 is 6.03 Å². The van der Waals surface area contributed by atoms with E-state index in [9.17, 15) is 4.79 Å². The molecule has 1 aliphatic heterocycles. The molecule has 1 aromatic rings. The molecule has 126 valence electrons. The van der Waals surface area contributed by atoms with Crippen molar-refractivity contribution in [3.05, 3.63) is 29.3 Å². The topological polar surface area (TPSA) is 44.4 Å².